The van der Waals surface area contributed by atoms with Crippen LogP contribution >= 0.6 is 11.8 Å². The number of ether oxygens (including phenoxy) is 1. The van der Waals surface area contributed by atoms with Crippen LogP contribution in [0.4, 0.5) is 11.4 Å². The molecule has 0 aliphatic carbocycles. The van der Waals surface area contributed by atoms with E-state index in [1.54, 1.807) is 31.4 Å². The number of anilines is 1. The first-order chi connectivity index (χ1) is 12.0. The molecule has 0 spiro atoms. The van der Waals surface area contributed by atoms with Crippen LogP contribution in [0.1, 0.15) is 10.4 Å². The number of ketones is 1. The number of nitrogens with one attached hydrogen (secondary N) is 1. The number of benzene rings is 2. The summed E-state index contributed by atoms with van der Waals surface area (Å²) >= 11 is 1.18. The van der Waals surface area contributed by atoms with Crippen molar-refractivity contribution in [2.45, 2.75) is 0 Å². The van der Waals surface area contributed by atoms with E-state index in [1.807, 2.05) is 0 Å². The highest BCUT2D eigenvalue weighted by Crippen LogP contribution is 2.16. The SMILES string of the molecule is COc1ccc(NC(=O)CSCC(=O)c2ccc([N+](=O)[O-])cc2)cc1. The first-order valence-electron chi connectivity index (χ1n) is 7.29. The first-order valence-corrected chi connectivity index (χ1v) is 8.44. The van der Waals surface area contributed by atoms with Crippen LogP contribution in [-0.2, 0) is 4.79 Å². The fourth-order valence-electron chi connectivity index (χ4n) is 1.96. The Bertz CT molecular complexity index is 760. The van der Waals surface area contributed by atoms with Gasteiger partial charge in [0.25, 0.3) is 5.69 Å². The van der Waals surface area contributed by atoms with Gasteiger partial charge in [0.1, 0.15) is 5.75 Å². The molecule has 0 heterocycles. The average Bonchev–Trinajstić information content (AvgIpc) is 2.62. The maximum atomic E-state index is 12.0. The standard InChI is InChI=1S/C17H16N2O5S/c1-24-15-8-4-13(5-9-15)18-17(21)11-25-10-16(20)12-2-6-14(7-3-12)19(22)23/h2-9H,10-11H2,1H3,(H,18,21). The molecule has 0 saturated carbocycles. The number of nitrogens with zero attached hydrogens (tertiary/aromatic N) is 1. The third kappa shape index (κ3) is 5.61. The zero-order chi connectivity index (χ0) is 18.2. The molecule has 25 heavy (non-hydrogen) atoms. The number of thioether (sulfide) groups is 1. The number of hydrogen-bond acceptors (Lipinski definition) is 6. The van der Waals surface area contributed by atoms with Crippen LogP contribution in [0.5, 0.6) is 5.75 Å². The third-order valence-corrected chi connectivity index (χ3v) is 4.17. The highest BCUT2D eigenvalue weighted by atomic mass is 32.2. The Balaban J connectivity index is 1.77. The van der Waals surface area contributed by atoms with Crippen LogP contribution in [0.2, 0.25) is 0 Å². The molecule has 1 N–H and O–H groups in total. The lowest BCUT2D eigenvalue weighted by molar-refractivity contribution is -0.384. The quantitative estimate of drug-likeness (QED) is 0.441. The fraction of sp³-hybridized carbons (Fsp3) is 0.176. The predicted molar refractivity (Wildman–Crippen MR) is 96.4 cm³/mol. The zero-order valence-electron chi connectivity index (χ0n) is 13.4. The lowest BCUT2D eigenvalue weighted by Crippen LogP contribution is -2.15. The van der Waals surface area contributed by atoms with Crippen molar-refractivity contribution in [1.29, 1.82) is 0 Å². The van der Waals surface area contributed by atoms with Crippen molar-refractivity contribution in [1.82, 2.24) is 0 Å². The summed E-state index contributed by atoms with van der Waals surface area (Å²) < 4.78 is 5.04. The van der Waals surface area contributed by atoms with E-state index in [4.69, 9.17) is 4.74 Å². The van der Waals surface area contributed by atoms with E-state index in [0.717, 1.165) is 0 Å². The van der Waals surface area contributed by atoms with E-state index < -0.39 is 4.92 Å². The lowest BCUT2D eigenvalue weighted by Gasteiger charge is -2.06. The number of nitro benzene ring substituents is 1. The summed E-state index contributed by atoms with van der Waals surface area (Å²) in [7, 11) is 1.56. The van der Waals surface area contributed by atoms with E-state index in [9.17, 15) is 19.7 Å². The van der Waals surface area contributed by atoms with E-state index in [0.29, 0.717) is 17.0 Å². The molecule has 0 unspecified atom stereocenters. The number of carbonyl (C=O) groups is 2. The van der Waals surface area contributed by atoms with E-state index >= 15 is 0 Å². The van der Waals surface area contributed by atoms with Gasteiger partial charge in [-0.15, -0.1) is 11.8 Å². The molecule has 0 aliphatic rings. The minimum Gasteiger partial charge on any atom is -0.497 e. The van der Waals surface area contributed by atoms with Crippen molar-refractivity contribution in [3.8, 4) is 5.75 Å². The molecule has 130 valence electrons. The highest BCUT2D eigenvalue weighted by molar-refractivity contribution is 8.00. The van der Waals surface area contributed by atoms with Gasteiger partial charge in [0.15, 0.2) is 5.78 Å². The van der Waals surface area contributed by atoms with Gasteiger partial charge in [-0.1, -0.05) is 0 Å². The Morgan fingerprint density at radius 3 is 2.28 bits per heavy atom. The summed E-state index contributed by atoms with van der Waals surface area (Å²) in [6.07, 6.45) is 0. The minimum atomic E-state index is -0.521. The van der Waals surface area contributed by atoms with Crippen molar-refractivity contribution in [3.63, 3.8) is 0 Å². The molecular weight excluding hydrogens is 344 g/mol. The van der Waals surface area contributed by atoms with Crippen molar-refractivity contribution in [2.24, 2.45) is 0 Å². The molecule has 2 aromatic carbocycles. The summed E-state index contributed by atoms with van der Waals surface area (Å²) in [4.78, 5) is 33.9. The summed E-state index contributed by atoms with van der Waals surface area (Å²) in [5.74, 6) is 0.545. The molecule has 0 fully saturated rings. The molecule has 8 heteroatoms. The molecule has 2 aromatic rings. The highest BCUT2D eigenvalue weighted by Gasteiger charge is 2.11. The molecule has 0 aliphatic heterocycles. The van der Waals surface area contributed by atoms with Crippen LogP contribution in [0.3, 0.4) is 0 Å². The third-order valence-electron chi connectivity index (χ3n) is 3.24. The number of non-ortho nitro benzene ring substituents is 1. The number of nitro groups is 1. The van der Waals surface area contributed by atoms with Gasteiger partial charge in [-0.2, -0.15) is 0 Å². The van der Waals surface area contributed by atoms with Gasteiger partial charge in [0, 0.05) is 23.4 Å². The van der Waals surface area contributed by atoms with Gasteiger partial charge < -0.3 is 10.1 Å². The van der Waals surface area contributed by atoms with Gasteiger partial charge in [-0.3, -0.25) is 19.7 Å². The Kier molecular flexibility index (Phi) is 6.53. The van der Waals surface area contributed by atoms with Gasteiger partial charge in [0.05, 0.1) is 23.5 Å². The normalized spacial score (nSPS) is 10.1. The number of amides is 1. The van der Waals surface area contributed by atoms with Crippen LogP contribution < -0.4 is 10.1 Å². The van der Waals surface area contributed by atoms with Gasteiger partial charge in [-0.05, 0) is 36.4 Å². The Morgan fingerprint density at radius 2 is 1.72 bits per heavy atom. The first kappa shape index (κ1) is 18.5. The Labute approximate surface area is 148 Å². The topological polar surface area (TPSA) is 98.5 Å². The maximum Gasteiger partial charge on any atom is 0.269 e. The second kappa shape index (κ2) is 8.84. The fourth-order valence-corrected chi connectivity index (χ4v) is 2.67. The molecule has 0 bridgehead atoms. The monoisotopic (exact) mass is 360 g/mol. The second-order valence-corrected chi connectivity index (χ2v) is 5.98. The maximum absolute atomic E-state index is 12.0. The average molecular weight is 360 g/mol. The summed E-state index contributed by atoms with van der Waals surface area (Å²) in [5, 5.41) is 13.3. The summed E-state index contributed by atoms with van der Waals surface area (Å²) in [5.41, 5.74) is 0.963. The minimum absolute atomic E-state index is 0.0666. The predicted octanol–water partition coefficient (Wildman–Crippen LogP) is 3.16. The zero-order valence-corrected chi connectivity index (χ0v) is 14.2. The van der Waals surface area contributed by atoms with Crippen LogP contribution in [0.15, 0.2) is 48.5 Å². The number of Topliss-reactive ketones (excluding diaryl/α,β-unsaturated/α-hetero) is 1. The number of rotatable bonds is 8. The van der Waals surface area contributed by atoms with Crippen molar-refractivity contribution in [2.75, 3.05) is 23.9 Å². The smallest absolute Gasteiger partial charge is 0.269 e. The molecule has 0 atom stereocenters. The van der Waals surface area contributed by atoms with Gasteiger partial charge in [0.2, 0.25) is 5.91 Å². The number of carbonyl (C=O) groups excluding carboxylic acids is 2. The van der Waals surface area contributed by atoms with Crippen LogP contribution in [-0.4, -0.2) is 35.2 Å². The number of hydrogen-bond donors (Lipinski definition) is 1. The second-order valence-electron chi connectivity index (χ2n) is 5.00. The molecule has 0 radical (unpaired) electrons. The van der Waals surface area contributed by atoms with Crippen LogP contribution in [0.25, 0.3) is 0 Å². The molecular formula is C17H16N2O5S. The van der Waals surface area contributed by atoms with Crippen LogP contribution in [0, 0.1) is 10.1 Å². The summed E-state index contributed by atoms with van der Waals surface area (Å²) in [6, 6.07) is 12.3. The molecule has 0 saturated heterocycles. The largest absolute Gasteiger partial charge is 0.497 e. The van der Waals surface area contributed by atoms with Crippen molar-refractivity contribution < 1.29 is 19.2 Å². The molecule has 0 aromatic heterocycles. The van der Waals surface area contributed by atoms with E-state index in [1.165, 1.54) is 36.0 Å². The van der Waals surface area contributed by atoms with Crippen molar-refractivity contribution in [3.05, 3.63) is 64.2 Å². The Morgan fingerprint density at radius 1 is 1.08 bits per heavy atom. The van der Waals surface area contributed by atoms with E-state index in [2.05, 4.69) is 5.32 Å². The van der Waals surface area contributed by atoms with E-state index in [-0.39, 0.29) is 28.9 Å². The molecule has 7 nitrogen and oxygen atoms in total. The van der Waals surface area contributed by atoms with Gasteiger partial charge >= 0.3 is 0 Å². The molecule has 2 rings (SSSR count). The number of methoxy groups -OCH3 is 1. The van der Waals surface area contributed by atoms with Gasteiger partial charge in [-0.25, -0.2) is 0 Å². The molecule has 1 amide bonds. The lowest BCUT2D eigenvalue weighted by atomic mass is 10.1. The Hall–Kier alpha value is -2.87. The summed E-state index contributed by atoms with van der Waals surface area (Å²) in [6.45, 7) is 0. The van der Waals surface area contributed by atoms with Crippen molar-refractivity contribution >= 4 is 34.8 Å².